The largest absolute Gasteiger partial charge is 0.508 e. The van der Waals surface area contributed by atoms with Crippen LogP contribution >= 0.6 is 11.3 Å². The lowest BCUT2D eigenvalue weighted by Crippen LogP contribution is -2.76. The third-order valence-electron chi connectivity index (χ3n) is 8.12. The number of carbonyl (C=O) groups is 4. The van der Waals surface area contributed by atoms with E-state index in [1.54, 1.807) is 18.2 Å². The zero-order valence-corrected chi connectivity index (χ0v) is 24.9. The van der Waals surface area contributed by atoms with Crippen molar-refractivity contribution in [2.75, 3.05) is 19.6 Å². The average molecular weight is 632 g/mol. The Bertz CT molecular complexity index is 1750. The molecule has 0 bridgehead atoms. The van der Waals surface area contributed by atoms with Crippen LogP contribution in [0.1, 0.15) is 23.1 Å². The van der Waals surface area contributed by atoms with Gasteiger partial charge >= 0.3 is 5.97 Å². The molecule has 13 heteroatoms. The van der Waals surface area contributed by atoms with E-state index in [4.69, 9.17) is 0 Å². The van der Waals surface area contributed by atoms with Crippen LogP contribution in [0.15, 0.2) is 72.2 Å². The number of nitrogens with zero attached hydrogens (tertiary/aromatic N) is 5. The van der Waals surface area contributed by atoms with Crippen molar-refractivity contribution in [2.45, 2.75) is 38.0 Å². The summed E-state index contributed by atoms with van der Waals surface area (Å²) in [6.45, 7) is -1.03. The molecule has 6 rings (SSSR count). The first-order chi connectivity index (χ1) is 21.7. The van der Waals surface area contributed by atoms with Crippen LogP contribution in [0, 0.1) is 5.82 Å². The Morgan fingerprint density at radius 3 is 2.49 bits per heavy atom. The van der Waals surface area contributed by atoms with Crippen LogP contribution in [0.25, 0.3) is 10.2 Å². The maximum atomic E-state index is 14.5. The summed E-state index contributed by atoms with van der Waals surface area (Å²) in [5, 5.41) is 22.1. The molecule has 2 saturated heterocycles. The predicted octanol–water partition coefficient (Wildman–Crippen LogP) is 3.03. The second-order valence-corrected chi connectivity index (χ2v) is 11.9. The molecule has 1 aromatic heterocycles. The molecule has 0 unspecified atom stereocenters. The van der Waals surface area contributed by atoms with E-state index in [0.29, 0.717) is 27.8 Å². The summed E-state index contributed by atoms with van der Waals surface area (Å²) in [5.41, 5.74) is 4.16. The quantitative estimate of drug-likeness (QED) is 0.288. The fourth-order valence-corrected chi connectivity index (χ4v) is 6.80. The molecule has 11 nitrogen and oxygen atoms in total. The van der Waals surface area contributed by atoms with Gasteiger partial charge in [-0.05, 0) is 41.3 Å². The monoisotopic (exact) mass is 631 g/mol. The van der Waals surface area contributed by atoms with Gasteiger partial charge in [0.25, 0.3) is 0 Å². The van der Waals surface area contributed by atoms with Gasteiger partial charge < -0.3 is 20.0 Å². The lowest BCUT2D eigenvalue weighted by molar-refractivity contribution is -0.208. The number of fused-ring (bicyclic) bond motifs is 2. The number of halogens is 1. The molecule has 2 N–H and O–H groups in total. The fraction of sp³-hybridized carbons (Fsp3) is 0.281. The number of aromatic hydroxyl groups is 1. The highest BCUT2D eigenvalue weighted by Crippen LogP contribution is 2.32. The number of phenols is 1. The summed E-state index contributed by atoms with van der Waals surface area (Å²) >= 11 is 1.15. The smallest absolute Gasteiger partial charge is 0.319 e. The van der Waals surface area contributed by atoms with Gasteiger partial charge in [0.05, 0.1) is 28.8 Å². The molecule has 0 aliphatic carbocycles. The Morgan fingerprint density at radius 1 is 1.00 bits per heavy atom. The minimum absolute atomic E-state index is 0.0366. The van der Waals surface area contributed by atoms with Gasteiger partial charge in [0, 0.05) is 19.4 Å². The molecule has 3 heterocycles. The maximum absolute atomic E-state index is 14.5. The molecular formula is C32H30FN5O6S. The molecule has 2 fully saturated rings. The lowest BCUT2D eigenvalue weighted by atomic mass is 9.98. The Balaban J connectivity index is 1.38. The average Bonchev–Trinajstić information content (AvgIpc) is 3.52. The highest BCUT2D eigenvalue weighted by molar-refractivity contribution is 7.16. The van der Waals surface area contributed by atoms with Crippen molar-refractivity contribution >= 4 is 45.2 Å². The summed E-state index contributed by atoms with van der Waals surface area (Å²) in [7, 11) is 0. The number of phenolic OH excluding ortho intramolecular Hbond substituents is 1. The van der Waals surface area contributed by atoms with Crippen molar-refractivity contribution in [1.82, 2.24) is 24.8 Å². The van der Waals surface area contributed by atoms with Gasteiger partial charge in [0.15, 0.2) is 0 Å². The summed E-state index contributed by atoms with van der Waals surface area (Å²) in [4.78, 5) is 60.9. The molecule has 0 saturated carbocycles. The SMILES string of the molecule is O=C(O)CN1CC(=O)N2[C@@H](Cc3ccc(O)cc3)C(=O)N(Cc3ccc(F)c4scnc34)C[C@@H]2N1C(=O)CCc1ccccc1. The third kappa shape index (κ3) is 6.22. The van der Waals surface area contributed by atoms with Gasteiger partial charge in [0.2, 0.25) is 17.7 Å². The molecular weight excluding hydrogens is 601 g/mol. The van der Waals surface area contributed by atoms with Crippen LogP contribution in [0.4, 0.5) is 4.39 Å². The van der Waals surface area contributed by atoms with Crippen LogP contribution in [0.3, 0.4) is 0 Å². The van der Waals surface area contributed by atoms with E-state index >= 15 is 0 Å². The Hall–Kier alpha value is -4.88. The Morgan fingerprint density at radius 2 is 1.76 bits per heavy atom. The Labute approximate surface area is 261 Å². The van der Waals surface area contributed by atoms with Crippen molar-refractivity contribution in [3.8, 4) is 5.75 Å². The molecule has 0 spiro atoms. The number of carbonyl (C=O) groups excluding carboxylic acids is 3. The zero-order chi connectivity index (χ0) is 31.7. The maximum Gasteiger partial charge on any atom is 0.319 e. The van der Waals surface area contributed by atoms with Crippen LogP contribution in [-0.2, 0) is 38.6 Å². The van der Waals surface area contributed by atoms with Crippen LogP contribution in [-0.4, -0.2) is 90.5 Å². The second-order valence-electron chi connectivity index (χ2n) is 11.1. The number of amides is 3. The topological polar surface area (TPSA) is 135 Å². The number of thiazole rings is 1. The number of aliphatic carboxylic acids is 1. The van der Waals surface area contributed by atoms with Crippen molar-refractivity contribution in [3.63, 3.8) is 0 Å². The minimum Gasteiger partial charge on any atom is -0.508 e. The molecule has 45 heavy (non-hydrogen) atoms. The van der Waals surface area contributed by atoms with Gasteiger partial charge in [0.1, 0.15) is 30.3 Å². The first kappa shape index (κ1) is 30.2. The predicted molar refractivity (Wildman–Crippen MR) is 162 cm³/mol. The number of hydrogen-bond acceptors (Lipinski definition) is 8. The van der Waals surface area contributed by atoms with Crippen molar-refractivity contribution in [3.05, 3.63) is 94.7 Å². The first-order valence-electron chi connectivity index (χ1n) is 14.4. The number of piperazine rings is 1. The molecule has 2 aliphatic rings. The minimum atomic E-state index is -1.21. The number of hydrogen-bond donors (Lipinski definition) is 2. The molecule has 4 aromatic rings. The number of carboxylic acid groups (broad SMARTS) is 1. The number of benzene rings is 3. The van der Waals surface area contributed by atoms with Gasteiger partial charge in [-0.15, -0.1) is 11.3 Å². The third-order valence-corrected chi connectivity index (χ3v) is 8.95. The Kier molecular flexibility index (Phi) is 8.46. The number of hydrazine groups is 1. The first-order valence-corrected chi connectivity index (χ1v) is 15.3. The van der Waals surface area contributed by atoms with E-state index < -0.39 is 43.0 Å². The van der Waals surface area contributed by atoms with E-state index in [-0.39, 0.29) is 43.5 Å². The van der Waals surface area contributed by atoms with Crippen molar-refractivity contribution in [1.29, 1.82) is 0 Å². The second kappa shape index (κ2) is 12.6. The molecule has 232 valence electrons. The van der Waals surface area contributed by atoms with Gasteiger partial charge in [-0.25, -0.2) is 14.4 Å². The summed E-state index contributed by atoms with van der Waals surface area (Å²) in [6, 6.07) is 17.5. The number of aromatic nitrogens is 1. The summed E-state index contributed by atoms with van der Waals surface area (Å²) < 4.78 is 14.8. The fourth-order valence-electron chi connectivity index (χ4n) is 6.06. The van der Waals surface area contributed by atoms with Crippen molar-refractivity contribution in [2.24, 2.45) is 0 Å². The summed E-state index contributed by atoms with van der Waals surface area (Å²) in [6.07, 6.45) is -0.445. The van der Waals surface area contributed by atoms with E-state index in [1.807, 2.05) is 30.3 Å². The van der Waals surface area contributed by atoms with Crippen LogP contribution in [0.2, 0.25) is 0 Å². The molecule has 3 amide bonds. The number of carboxylic acids is 1. The van der Waals surface area contributed by atoms with Gasteiger partial charge in [-0.2, -0.15) is 5.01 Å². The standard InChI is InChI=1S/C32H30FN5O6S/c33-24-12-9-22(30-31(24)45-19-34-30)15-35-16-26-37(25(32(35)44)14-21-6-10-23(39)11-7-21)28(41)17-36(18-29(42)43)38(26)27(40)13-8-20-4-2-1-3-5-20/h1-7,9-12,19,25-26,39H,8,13-18H2,(H,42,43)/t25-,26-/m0/s1. The zero-order valence-electron chi connectivity index (χ0n) is 24.1. The van der Waals surface area contributed by atoms with E-state index in [2.05, 4.69) is 4.98 Å². The van der Waals surface area contributed by atoms with E-state index in [0.717, 1.165) is 16.9 Å². The van der Waals surface area contributed by atoms with Gasteiger partial charge in [-0.3, -0.25) is 19.2 Å². The highest BCUT2D eigenvalue weighted by Gasteiger charge is 2.51. The normalized spacial score (nSPS) is 18.8. The summed E-state index contributed by atoms with van der Waals surface area (Å²) in [5.74, 6) is -2.82. The number of aryl methyl sites for hydroxylation is 1. The van der Waals surface area contributed by atoms with Crippen molar-refractivity contribution < 1.29 is 33.8 Å². The van der Waals surface area contributed by atoms with E-state index in [1.165, 1.54) is 43.5 Å². The number of rotatable bonds is 9. The van der Waals surface area contributed by atoms with E-state index in [9.17, 15) is 33.8 Å². The lowest BCUT2D eigenvalue weighted by Gasteiger charge is -2.55. The molecule has 0 radical (unpaired) electrons. The van der Waals surface area contributed by atoms with Crippen LogP contribution in [0.5, 0.6) is 5.75 Å². The molecule has 2 atom stereocenters. The van der Waals surface area contributed by atoms with Crippen LogP contribution < -0.4 is 0 Å². The molecule has 2 aliphatic heterocycles. The highest BCUT2D eigenvalue weighted by atomic mass is 32.1. The molecule has 3 aromatic carbocycles. The van der Waals surface area contributed by atoms with Gasteiger partial charge in [-0.1, -0.05) is 48.5 Å².